The van der Waals surface area contributed by atoms with Crippen LogP contribution in [0.1, 0.15) is 30.1 Å². The Kier molecular flexibility index (Phi) is 7.32. The third-order valence-corrected chi connectivity index (χ3v) is 4.14. The summed E-state index contributed by atoms with van der Waals surface area (Å²) in [4.78, 5) is 23.8. The molecule has 2 aromatic rings. The first-order chi connectivity index (χ1) is 12.0. The van der Waals surface area contributed by atoms with Crippen LogP contribution in [0.25, 0.3) is 0 Å². The van der Waals surface area contributed by atoms with Crippen LogP contribution in [0, 0.1) is 3.57 Å². The van der Waals surface area contributed by atoms with E-state index in [2.05, 4.69) is 38.5 Å². The first-order valence-electron chi connectivity index (χ1n) is 7.75. The van der Waals surface area contributed by atoms with Crippen molar-refractivity contribution in [1.82, 2.24) is 5.32 Å². The van der Waals surface area contributed by atoms with Gasteiger partial charge >= 0.3 is 0 Å². The number of benzene rings is 2. The smallest absolute Gasteiger partial charge is 0.257 e. The van der Waals surface area contributed by atoms with E-state index in [-0.39, 0.29) is 16.9 Å². The van der Waals surface area contributed by atoms with Crippen molar-refractivity contribution in [2.24, 2.45) is 0 Å². The fourth-order valence-electron chi connectivity index (χ4n) is 2.06. The molecule has 0 aromatic heterocycles. The third-order valence-electron chi connectivity index (χ3n) is 3.21. The van der Waals surface area contributed by atoms with Crippen molar-refractivity contribution < 1.29 is 9.59 Å². The van der Waals surface area contributed by atoms with E-state index in [1.165, 1.54) is 0 Å². The molecule has 7 heteroatoms. The molecule has 130 valence electrons. The third kappa shape index (κ3) is 6.43. The van der Waals surface area contributed by atoms with E-state index in [1.807, 2.05) is 19.1 Å². The van der Waals surface area contributed by atoms with Gasteiger partial charge in [0.2, 0.25) is 5.91 Å². The highest BCUT2D eigenvalue weighted by Gasteiger charge is 2.08. The van der Waals surface area contributed by atoms with Crippen molar-refractivity contribution in [3.05, 3.63) is 57.7 Å². The average Bonchev–Trinajstić information content (AvgIpc) is 2.55. The molecule has 0 unspecified atom stereocenters. The van der Waals surface area contributed by atoms with Crippen LogP contribution in [0.4, 0.5) is 11.4 Å². The Morgan fingerprint density at radius 2 is 1.68 bits per heavy atom. The van der Waals surface area contributed by atoms with Gasteiger partial charge in [0.15, 0.2) is 5.11 Å². The number of carbonyl (C=O) groups excluding carboxylic acids is 2. The van der Waals surface area contributed by atoms with Gasteiger partial charge < -0.3 is 10.6 Å². The van der Waals surface area contributed by atoms with Gasteiger partial charge in [-0.05, 0) is 83.7 Å². The Morgan fingerprint density at radius 1 is 1.04 bits per heavy atom. The minimum Gasteiger partial charge on any atom is -0.332 e. The predicted molar refractivity (Wildman–Crippen MR) is 113 cm³/mol. The van der Waals surface area contributed by atoms with E-state index < -0.39 is 0 Å². The largest absolute Gasteiger partial charge is 0.332 e. The van der Waals surface area contributed by atoms with Gasteiger partial charge in [0.1, 0.15) is 0 Å². The first kappa shape index (κ1) is 19.3. The van der Waals surface area contributed by atoms with Crippen LogP contribution in [0.2, 0.25) is 0 Å². The summed E-state index contributed by atoms with van der Waals surface area (Å²) < 4.78 is 1.05. The summed E-state index contributed by atoms with van der Waals surface area (Å²) in [5, 5.41) is 8.60. The molecule has 5 nitrogen and oxygen atoms in total. The van der Waals surface area contributed by atoms with Gasteiger partial charge in [0.25, 0.3) is 5.91 Å². The zero-order valence-corrected chi connectivity index (χ0v) is 16.6. The Morgan fingerprint density at radius 3 is 2.32 bits per heavy atom. The summed E-state index contributed by atoms with van der Waals surface area (Å²) in [7, 11) is 0. The number of nitrogens with one attached hydrogen (secondary N) is 3. The monoisotopic (exact) mass is 467 g/mol. The maximum Gasteiger partial charge on any atom is 0.257 e. The summed E-state index contributed by atoms with van der Waals surface area (Å²) in [5.74, 6) is -0.310. The standard InChI is InChI=1S/C18H18IN3O2S/c1-2-4-16(23)20-14-5-3-6-15(11-14)21-18(25)22-17(24)12-7-9-13(19)10-8-12/h3,5-11H,2,4H2,1H3,(H,20,23)(H2,21,22,24,25). The molecular formula is C18H18IN3O2S. The molecule has 2 amide bonds. The second-order valence-electron chi connectivity index (χ2n) is 5.29. The lowest BCUT2D eigenvalue weighted by molar-refractivity contribution is -0.116. The van der Waals surface area contributed by atoms with Gasteiger partial charge in [0.05, 0.1) is 0 Å². The second kappa shape index (κ2) is 9.47. The molecule has 0 aliphatic rings. The number of hydrogen-bond acceptors (Lipinski definition) is 3. The predicted octanol–water partition coefficient (Wildman–Crippen LogP) is 4.16. The number of halogens is 1. The summed E-state index contributed by atoms with van der Waals surface area (Å²) >= 11 is 7.36. The van der Waals surface area contributed by atoms with Crippen LogP contribution in [-0.2, 0) is 4.79 Å². The van der Waals surface area contributed by atoms with Gasteiger partial charge in [-0.15, -0.1) is 0 Å². The SMILES string of the molecule is CCCC(=O)Nc1cccc(NC(=S)NC(=O)c2ccc(I)cc2)c1. The normalized spacial score (nSPS) is 10.0. The average molecular weight is 467 g/mol. The van der Waals surface area contributed by atoms with Crippen molar-refractivity contribution in [2.45, 2.75) is 19.8 Å². The molecule has 0 saturated carbocycles. The highest BCUT2D eigenvalue weighted by molar-refractivity contribution is 14.1. The van der Waals surface area contributed by atoms with Gasteiger partial charge in [0, 0.05) is 26.9 Å². The molecular weight excluding hydrogens is 449 g/mol. The fourth-order valence-corrected chi connectivity index (χ4v) is 2.63. The van der Waals surface area contributed by atoms with E-state index in [0.29, 0.717) is 23.4 Å². The maximum atomic E-state index is 12.1. The number of amides is 2. The maximum absolute atomic E-state index is 12.1. The van der Waals surface area contributed by atoms with Crippen LogP contribution in [0.3, 0.4) is 0 Å². The topological polar surface area (TPSA) is 70.2 Å². The van der Waals surface area contributed by atoms with Gasteiger partial charge in [-0.25, -0.2) is 0 Å². The molecule has 0 bridgehead atoms. The van der Waals surface area contributed by atoms with E-state index in [4.69, 9.17) is 12.2 Å². The van der Waals surface area contributed by atoms with Crippen LogP contribution < -0.4 is 16.0 Å². The molecule has 3 N–H and O–H groups in total. The van der Waals surface area contributed by atoms with Crippen molar-refractivity contribution in [3.8, 4) is 0 Å². The lowest BCUT2D eigenvalue weighted by atomic mass is 10.2. The fraction of sp³-hybridized carbons (Fsp3) is 0.167. The molecule has 0 radical (unpaired) electrons. The number of rotatable bonds is 5. The molecule has 2 rings (SSSR count). The van der Waals surface area contributed by atoms with Crippen LogP contribution >= 0.6 is 34.8 Å². The van der Waals surface area contributed by atoms with Crippen LogP contribution in [0.5, 0.6) is 0 Å². The van der Waals surface area contributed by atoms with E-state index in [0.717, 1.165) is 9.99 Å². The van der Waals surface area contributed by atoms with Gasteiger partial charge in [-0.3, -0.25) is 14.9 Å². The summed E-state index contributed by atoms with van der Waals surface area (Å²) in [6, 6.07) is 14.4. The zero-order valence-electron chi connectivity index (χ0n) is 13.6. The Balaban J connectivity index is 1.94. The Hall–Kier alpha value is -2.00. The Labute approximate surface area is 165 Å². The number of hydrogen-bond donors (Lipinski definition) is 3. The van der Waals surface area contributed by atoms with Crippen molar-refractivity contribution in [2.75, 3.05) is 10.6 Å². The van der Waals surface area contributed by atoms with Crippen molar-refractivity contribution >= 4 is 63.1 Å². The van der Waals surface area contributed by atoms with E-state index in [1.54, 1.807) is 36.4 Å². The second-order valence-corrected chi connectivity index (χ2v) is 6.95. The highest BCUT2D eigenvalue weighted by atomic mass is 127. The van der Waals surface area contributed by atoms with Crippen LogP contribution in [0.15, 0.2) is 48.5 Å². The van der Waals surface area contributed by atoms with Crippen molar-refractivity contribution in [1.29, 1.82) is 0 Å². The molecule has 0 saturated heterocycles. The number of carbonyl (C=O) groups is 2. The van der Waals surface area contributed by atoms with Crippen LogP contribution in [-0.4, -0.2) is 16.9 Å². The van der Waals surface area contributed by atoms with Gasteiger partial charge in [-0.2, -0.15) is 0 Å². The molecule has 0 atom stereocenters. The lowest BCUT2D eigenvalue weighted by Gasteiger charge is -2.11. The minimum absolute atomic E-state index is 0.0331. The quantitative estimate of drug-likeness (QED) is 0.457. The van der Waals surface area contributed by atoms with Crippen molar-refractivity contribution in [3.63, 3.8) is 0 Å². The molecule has 0 heterocycles. The van der Waals surface area contributed by atoms with Gasteiger partial charge in [-0.1, -0.05) is 13.0 Å². The molecule has 0 aliphatic heterocycles. The highest BCUT2D eigenvalue weighted by Crippen LogP contribution is 2.15. The summed E-state index contributed by atoms with van der Waals surface area (Å²) in [6.07, 6.45) is 1.26. The first-order valence-corrected chi connectivity index (χ1v) is 9.24. The molecule has 25 heavy (non-hydrogen) atoms. The van der Waals surface area contributed by atoms with E-state index in [9.17, 15) is 9.59 Å². The molecule has 2 aromatic carbocycles. The minimum atomic E-state index is -0.277. The molecule has 0 spiro atoms. The Bertz CT molecular complexity index is 778. The summed E-state index contributed by atoms with van der Waals surface area (Å²) in [5.41, 5.74) is 1.89. The molecule has 0 fully saturated rings. The summed E-state index contributed by atoms with van der Waals surface area (Å²) in [6.45, 7) is 1.95. The van der Waals surface area contributed by atoms with E-state index >= 15 is 0 Å². The lowest BCUT2D eigenvalue weighted by Crippen LogP contribution is -2.34. The number of anilines is 2. The number of thiocarbonyl (C=S) groups is 1. The zero-order chi connectivity index (χ0) is 18.2. The molecule has 0 aliphatic carbocycles.